The minimum Gasteiger partial charge on any atom is -0.480 e. The van der Waals surface area contributed by atoms with Crippen molar-refractivity contribution in [1.82, 2.24) is 19.6 Å². The molecule has 0 aromatic carbocycles. The number of nitrogens with two attached hydrogens (primary N) is 1. The maximum atomic E-state index is 11.1. The molecule has 1 atom stereocenters. The van der Waals surface area contributed by atoms with E-state index in [0.717, 1.165) is 0 Å². The van der Waals surface area contributed by atoms with Crippen molar-refractivity contribution in [3.63, 3.8) is 0 Å². The topological polar surface area (TPSA) is 225 Å². The molecule has 0 aromatic heterocycles. The largest absolute Gasteiger partial charge is 0.480 e. The zero-order chi connectivity index (χ0) is 26.3. The lowest BCUT2D eigenvalue weighted by Crippen LogP contribution is -2.49. The zero-order valence-electron chi connectivity index (χ0n) is 19.2. The lowest BCUT2D eigenvalue weighted by Gasteiger charge is -2.32. The van der Waals surface area contributed by atoms with Crippen molar-refractivity contribution in [3.05, 3.63) is 0 Å². The Morgan fingerprint density at radius 2 is 0.706 bits per heavy atom. The summed E-state index contributed by atoms with van der Waals surface area (Å²) in [4.78, 5) is 60.5. The van der Waals surface area contributed by atoms with Gasteiger partial charge in [0.2, 0.25) is 0 Å². The summed E-state index contributed by atoms with van der Waals surface area (Å²) in [6.45, 7) is 2.94. The van der Waals surface area contributed by atoms with Gasteiger partial charge in [-0.25, -0.2) is 0 Å². The first-order valence-electron chi connectivity index (χ1n) is 10.5. The Morgan fingerprint density at radius 3 is 0.794 bits per heavy atom. The molecule has 15 nitrogen and oxygen atoms in total. The Bertz CT molecular complexity index is 578. The summed E-state index contributed by atoms with van der Waals surface area (Å²) in [5.41, 5.74) is 4.84. The highest BCUT2D eigenvalue weighted by molar-refractivity contribution is 5.72. The van der Waals surface area contributed by atoms with E-state index in [4.69, 9.17) is 31.3 Å². The Labute approximate surface area is 196 Å². The fourth-order valence-corrected chi connectivity index (χ4v) is 2.98. The molecule has 196 valence electrons. The minimum absolute atomic E-state index is 0.229. The molecule has 0 unspecified atom stereocenters. The summed E-state index contributed by atoms with van der Waals surface area (Å²) in [6, 6.07) is -0.731. The third kappa shape index (κ3) is 16.7. The first-order valence-corrected chi connectivity index (χ1v) is 10.5. The molecule has 7 N–H and O–H groups in total. The summed E-state index contributed by atoms with van der Waals surface area (Å²) in [5.74, 6) is -5.04. The number of rotatable bonds is 9. The van der Waals surface area contributed by atoms with Gasteiger partial charge in [-0.15, -0.1) is 0 Å². The Balaban J connectivity index is 0.00000160. The van der Waals surface area contributed by atoms with Gasteiger partial charge in [0.05, 0.1) is 26.2 Å². The Hall–Kier alpha value is -2.85. The van der Waals surface area contributed by atoms with E-state index in [-0.39, 0.29) is 26.2 Å². The molecule has 1 aliphatic rings. The molecule has 1 fully saturated rings. The van der Waals surface area contributed by atoms with Crippen LogP contribution < -0.4 is 5.73 Å². The van der Waals surface area contributed by atoms with Gasteiger partial charge in [0, 0.05) is 52.4 Å². The van der Waals surface area contributed by atoms with E-state index in [1.165, 1.54) is 6.92 Å². The molecule has 0 amide bonds. The second-order valence-corrected chi connectivity index (χ2v) is 7.81. The van der Waals surface area contributed by atoms with Gasteiger partial charge in [0.1, 0.15) is 6.04 Å². The van der Waals surface area contributed by atoms with Crippen molar-refractivity contribution >= 4 is 29.8 Å². The van der Waals surface area contributed by atoms with E-state index < -0.39 is 35.9 Å². The van der Waals surface area contributed by atoms with Crippen molar-refractivity contribution < 1.29 is 49.5 Å². The molecule has 1 rings (SSSR count). The van der Waals surface area contributed by atoms with Gasteiger partial charge in [-0.3, -0.25) is 43.6 Å². The van der Waals surface area contributed by atoms with Crippen LogP contribution in [0.4, 0.5) is 0 Å². The molecule has 15 heteroatoms. The molecule has 34 heavy (non-hydrogen) atoms. The molecule has 0 bridgehead atoms. The van der Waals surface area contributed by atoms with Crippen molar-refractivity contribution in [2.24, 2.45) is 5.73 Å². The van der Waals surface area contributed by atoms with Crippen molar-refractivity contribution in [2.45, 2.75) is 13.0 Å². The van der Waals surface area contributed by atoms with Crippen LogP contribution in [0.25, 0.3) is 0 Å². The maximum absolute atomic E-state index is 11.1. The Kier molecular flexibility index (Phi) is 15.3. The monoisotopic (exact) mass is 493 g/mol. The summed E-state index contributed by atoms with van der Waals surface area (Å²) in [5, 5.41) is 44.2. The number of nitrogens with zero attached hydrogens (tertiary/aromatic N) is 4. The summed E-state index contributed by atoms with van der Waals surface area (Å²) >= 11 is 0. The predicted octanol–water partition coefficient (Wildman–Crippen LogP) is -3.04. The maximum Gasteiger partial charge on any atom is 0.320 e. The van der Waals surface area contributed by atoms with Gasteiger partial charge in [-0.1, -0.05) is 0 Å². The summed E-state index contributed by atoms with van der Waals surface area (Å²) in [7, 11) is 0. The van der Waals surface area contributed by atoms with Gasteiger partial charge in [-0.2, -0.15) is 0 Å². The zero-order valence-corrected chi connectivity index (χ0v) is 19.2. The molecular weight excluding hydrogens is 458 g/mol. The molecular formula is C19H35N5O10. The first-order chi connectivity index (χ1) is 15.8. The minimum atomic E-state index is -1.02. The van der Waals surface area contributed by atoms with Crippen molar-refractivity contribution in [1.29, 1.82) is 0 Å². The van der Waals surface area contributed by atoms with Crippen LogP contribution in [0.2, 0.25) is 0 Å². The summed E-state index contributed by atoms with van der Waals surface area (Å²) in [6.07, 6.45) is 0. The van der Waals surface area contributed by atoms with E-state index in [0.29, 0.717) is 52.4 Å². The predicted molar refractivity (Wildman–Crippen MR) is 118 cm³/mol. The van der Waals surface area contributed by atoms with Gasteiger partial charge in [-0.05, 0) is 6.92 Å². The Morgan fingerprint density at radius 1 is 0.559 bits per heavy atom. The lowest BCUT2D eigenvalue weighted by atomic mass is 10.3. The van der Waals surface area contributed by atoms with Crippen molar-refractivity contribution in [2.75, 3.05) is 78.5 Å². The standard InChI is InChI=1S/C16H28N4O8.C3H7NO2/c21-13(22)9-17-1-2-18(10-14(23)24)5-6-20(12-16(27)28)8-7-19(4-3-17)11-15(25)26;1-2(4)3(5)6/h1-12H2,(H,21,22)(H,23,24)(H,25,26)(H,27,28);2H,4H2,1H3,(H,5,6)/t;2-/m.0/s1. The molecule has 0 saturated carbocycles. The van der Waals surface area contributed by atoms with Crippen LogP contribution in [-0.2, 0) is 24.0 Å². The van der Waals surface area contributed by atoms with Crippen LogP contribution in [0, 0.1) is 0 Å². The fraction of sp³-hybridized carbons (Fsp3) is 0.737. The lowest BCUT2D eigenvalue weighted by molar-refractivity contribution is -0.141. The van der Waals surface area contributed by atoms with Crippen LogP contribution in [0.3, 0.4) is 0 Å². The average molecular weight is 494 g/mol. The normalized spacial score (nSPS) is 18.4. The van der Waals surface area contributed by atoms with E-state index in [9.17, 15) is 24.0 Å². The first kappa shape index (κ1) is 31.1. The van der Waals surface area contributed by atoms with E-state index in [1.807, 2.05) is 0 Å². The number of carbonyl (C=O) groups is 5. The number of carboxylic acids is 5. The van der Waals surface area contributed by atoms with Gasteiger partial charge < -0.3 is 31.3 Å². The summed E-state index contributed by atoms with van der Waals surface area (Å²) < 4.78 is 0. The third-order valence-corrected chi connectivity index (χ3v) is 4.75. The smallest absolute Gasteiger partial charge is 0.320 e. The fourth-order valence-electron chi connectivity index (χ4n) is 2.98. The second-order valence-electron chi connectivity index (χ2n) is 7.81. The number of hydrogen-bond donors (Lipinski definition) is 6. The molecule has 0 spiro atoms. The third-order valence-electron chi connectivity index (χ3n) is 4.75. The molecule has 1 aliphatic heterocycles. The van der Waals surface area contributed by atoms with Crippen LogP contribution in [0.5, 0.6) is 0 Å². The number of hydrogen-bond acceptors (Lipinski definition) is 10. The van der Waals surface area contributed by atoms with Crippen LogP contribution in [0.1, 0.15) is 6.92 Å². The van der Waals surface area contributed by atoms with Gasteiger partial charge >= 0.3 is 29.8 Å². The van der Waals surface area contributed by atoms with Gasteiger partial charge in [0.25, 0.3) is 0 Å². The van der Waals surface area contributed by atoms with Gasteiger partial charge in [0.15, 0.2) is 0 Å². The van der Waals surface area contributed by atoms with Crippen molar-refractivity contribution in [3.8, 4) is 0 Å². The SMILES string of the molecule is C[C@H](N)C(=O)O.O=C(O)CN1CCN(CC(=O)O)CCN(CC(=O)O)CCN(CC(=O)O)CC1. The highest BCUT2D eigenvalue weighted by Crippen LogP contribution is 2.01. The quantitative estimate of drug-likeness (QED) is 0.188. The highest BCUT2D eigenvalue weighted by atomic mass is 16.4. The second kappa shape index (κ2) is 16.7. The molecule has 0 radical (unpaired) electrons. The van der Waals surface area contributed by atoms with Crippen LogP contribution in [0.15, 0.2) is 0 Å². The number of carboxylic acid groups (broad SMARTS) is 5. The van der Waals surface area contributed by atoms with E-state index in [1.54, 1.807) is 19.6 Å². The van der Waals surface area contributed by atoms with Crippen LogP contribution in [-0.4, -0.2) is 160 Å². The van der Waals surface area contributed by atoms with E-state index in [2.05, 4.69) is 0 Å². The average Bonchev–Trinajstić information content (AvgIpc) is 2.68. The number of aliphatic carboxylic acids is 5. The molecule has 1 heterocycles. The highest BCUT2D eigenvalue weighted by Gasteiger charge is 2.20. The molecule has 0 aromatic rings. The van der Waals surface area contributed by atoms with Crippen LogP contribution >= 0.6 is 0 Å². The van der Waals surface area contributed by atoms with E-state index >= 15 is 0 Å². The molecule has 1 saturated heterocycles. The molecule has 0 aliphatic carbocycles.